The van der Waals surface area contributed by atoms with Gasteiger partial charge in [0.25, 0.3) is 0 Å². The summed E-state index contributed by atoms with van der Waals surface area (Å²) < 4.78 is 34.9. The van der Waals surface area contributed by atoms with Crippen molar-refractivity contribution in [3.05, 3.63) is 47.7 Å². The standard InChI is InChI=1S/C28H42IN6O6S/c1-19(2)16-35(42(39,40)23-10-8-22(41-7)9-11-23)18-25(36)29-31-27(37)20-14-24(30-26(15-20)32(3)4)28(38)34(6)21-12-13-33(5)17-21/h8-11,14-15,19,21,25,36H,12-13,16-18H2,1-7H3,(H,31,37)/q-1. The predicted octanol–water partition coefficient (Wildman–Crippen LogP) is -1.67. The van der Waals surface area contributed by atoms with Crippen molar-refractivity contribution in [2.45, 2.75) is 35.3 Å². The summed E-state index contributed by atoms with van der Waals surface area (Å²) in [5.41, 5.74) is 0.404. The Morgan fingerprint density at radius 3 is 2.38 bits per heavy atom. The van der Waals surface area contributed by atoms with E-state index >= 15 is 0 Å². The van der Waals surface area contributed by atoms with E-state index in [0.29, 0.717) is 11.6 Å². The van der Waals surface area contributed by atoms with Crippen molar-refractivity contribution < 1.29 is 49.3 Å². The number of amides is 2. The SMILES string of the molecule is COc1ccc(S(=O)(=O)N(CC(C)C)CC(O)[I-]NC(=O)c2cc(C(=O)N(C)C3CCN(C)C3)nc(N(C)C)c2)cc1. The van der Waals surface area contributed by atoms with Crippen LogP contribution >= 0.6 is 0 Å². The van der Waals surface area contributed by atoms with Gasteiger partial charge >= 0.3 is 261 Å². The molecular formula is C28H42IN6O6S-. The normalized spacial score (nSPS) is 16.6. The van der Waals surface area contributed by atoms with Crippen LogP contribution in [0.4, 0.5) is 5.82 Å². The van der Waals surface area contributed by atoms with Gasteiger partial charge in [0, 0.05) is 0 Å². The van der Waals surface area contributed by atoms with Gasteiger partial charge in [0.2, 0.25) is 0 Å². The summed E-state index contributed by atoms with van der Waals surface area (Å²) in [6.07, 6.45) is 0.865. The summed E-state index contributed by atoms with van der Waals surface area (Å²) in [5, 5.41) is 10.8. The number of likely N-dealkylation sites (tertiary alicyclic amines) is 1. The number of carbonyl (C=O) groups is 2. The molecule has 234 valence electrons. The molecule has 3 rings (SSSR count). The third-order valence-electron chi connectivity index (χ3n) is 6.87. The monoisotopic (exact) mass is 717 g/mol. The molecule has 42 heavy (non-hydrogen) atoms. The van der Waals surface area contributed by atoms with Gasteiger partial charge < -0.3 is 0 Å². The number of hydrogen-bond acceptors (Lipinski definition) is 9. The van der Waals surface area contributed by atoms with Gasteiger partial charge in [0.15, 0.2) is 0 Å². The summed E-state index contributed by atoms with van der Waals surface area (Å²) in [5.74, 6) is 0.275. The van der Waals surface area contributed by atoms with E-state index < -0.39 is 41.5 Å². The Bertz CT molecular complexity index is 1340. The van der Waals surface area contributed by atoms with E-state index in [4.69, 9.17) is 4.74 Å². The summed E-state index contributed by atoms with van der Waals surface area (Å²) in [7, 11) is 4.92. The maximum absolute atomic E-state index is 13.4. The van der Waals surface area contributed by atoms with Gasteiger partial charge in [-0.1, -0.05) is 0 Å². The fourth-order valence-electron chi connectivity index (χ4n) is 4.50. The summed E-state index contributed by atoms with van der Waals surface area (Å²) >= 11 is -1.37. The van der Waals surface area contributed by atoms with Crippen LogP contribution in [0.1, 0.15) is 41.1 Å². The number of sulfonamides is 1. The summed E-state index contributed by atoms with van der Waals surface area (Å²) in [6, 6.07) is 9.21. The number of carbonyl (C=O) groups excluding carboxylic acids is 2. The first-order valence-corrected chi connectivity index (χ1v) is 17.4. The molecule has 0 radical (unpaired) electrons. The average molecular weight is 718 g/mol. The van der Waals surface area contributed by atoms with E-state index in [1.807, 2.05) is 20.9 Å². The molecule has 2 amide bonds. The second-order valence-corrected chi connectivity index (χ2v) is 15.5. The zero-order chi connectivity index (χ0) is 31.2. The molecule has 1 aliphatic rings. The molecule has 2 aromatic rings. The van der Waals surface area contributed by atoms with E-state index in [-0.39, 0.29) is 47.1 Å². The first kappa shape index (κ1) is 34.0. The topological polar surface area (TPSA) is 136 Å². The van der Waals surface area contributed by atoms with Gasteiger partial charge in [-0.05, 0) is 0 Å². The van der Waals surface area contributed by atoms with E-state index in [2.05, 4.69) is 13.4 Å². The number of rotatable bonds is 13. The van der Waals surface area contributed by atoms with Gasteiger partial charge in [-0.15, -0.1) is 0 Å². The van der Waals surface area contributed by atoms with E-state index in [0.717, 1.165) is 19.5 Å². The third-order valence-corrected chi connectivity index (χ3v) is 10.6. The fourth-order valence-corrected chi connectivity index (χ4v) is 8.01. The van der Waals surface area contributed by atoms with Crippen LogP contribution < -0.4 is 34.6 Å². The molecule has 0 bridgehead atoms. The van der Waals surface area contributed by atoms with Crippen LogP contribution in [-0.2, 0) is 10.0 Å². The second kappa shape index (κ2) is 14.8. The number of ether oxygens (including phenoxy) is 1. The number of benzene rings is 1. The quantitative estimate of drug-likeness (QED) is 0.142. The van der Waals surface area contributed by atoms with Gasteiger partial charge in [-0.3, -0.25) is 0 Å². The predicted molar refractivity (Wildman–Crippen MR) is 157 cm³/mol. The summed E-state index contributed by atoms with van der Waals surface area (Å²) in [6.45, 7) is 5.51. The number of aromatic nitrogens is 1. The molecule has 1 saturated heterocycles. The number of methoxy groups -OCH3 is 1. The Morgan fingerprint density at radius 2 is 1.83 bits per heavy atom. The number of aliphatic hydroxyl groups is 1. The maximum atomic E-state index is 13.4. The van der Waals surface area contributed by atoms with Crippen molar-refractivity contribution in [3.8, 4) is 5.75 Å². The van der Waals surface area contributed by atoms with Gasteiger partial charge in [-0.25, -0.2) is 0 Å². The summed E-state index contributed by atoms with van der Waals surface area (Å²) in [4.78, 5) is 36.6. The van der Waals surface area contributed by atoms with E-state index in [1.165, 1.54) is 29.6 Å². The molecule has 0 aliphatic carbocycles. The van der Waals surface area contributed by atoms with Crippen LogP contribution in [0.15, 0.2) is 41.3 Å². The van der Waals surface area contributed by atoms with Crippen molar-refractivity contribution in [1.82, 2.24) is 22.6 Å². The van der Waals surface area contributed by atoms with Gasteiger partial charge in [0.1, 0.15) is 0 Å². The van der Waals surface area contributed by atoms with E-state index in [9.17, 15) is 23.1 Å². The number of alkyl halides is 1. The first-order chi connectivity index (χ1) is 19.7. The molecule has 1 aromatic heterocycles. The molecule has 2 unspecified atom stereocenters. The van der Waals surface area contributed by atoms with Crippen molar-refractivity contribution in [1.29, 1.82) is 0 Å². The molecule has 1 aromatic carbocycles. The van der Waals surface area contributed by atoms with Crippen LogP contribution in [-0.4, -0.2) is 116 Å². The number of aliphatic hydroxyl groups excluding tert-OH is 1. The fraction of sp³-hybridized carbons (Fsp3) is 0.536. The number of nitrogens with zero attached hydrogens (tertiary/aromatic N) is 5. The molecular weight excluding hydrogens is 675 g/mol. The van der Waals surface area contributed by atoms with Crippen molar-refractivity contribution in [3.63, 3.8) is 0 Å². The Balaban J connectivity index is 1.73. The molecule has 2 N–H and O–H groups in total. The average Bonchev–Trinajstić information content (AvgIpc) is 3.40. The first-order valence-electron chi connectivity index (χ1n) is 13.6. The zero-order valence-electron chi connectivity index (χ0n) is 25.2. The Hall–Kier alpha value is -2.53. The third kappa shape index (κ3) is 8.75. The van der Waals surface area contributed by atoms with Gasteiger partial charge in [-0.2, -0.15) is 0 Å². The Morgan fingerprint density at radius 1 is 1.17 bits per heavy atom. The molecule has 14 heteroatoms. The van der Waals surface area contributed by atoms with Crippen LogP contribution in [0.5, 0.6) is 5.75 Å². The molecule has 12 nitrogen and oxygen atoms in total. The molecule has 0 saturated carbocycles. The van der Waals surface area contributed by atoms with E-state index in [1.54, 1.807) is 49.1 Å². The van der Waals surface area contributed by atoms with Gasteiger partial charge in [0.05, 0.1) is 0 Å². The van der Waals surface area contributed by atoms with Crippen LogP contribution in [0.3, 0.4) is 0 Å². The van der Waals surface area contributed by atoms with Crippen LogP contribution in [0.2, 0.25) is 0 Å². The molecule has 2 heterocycles. The number of likely N-dealkylation sites (N-methyl/N-ethyl adjacent to an activating group) is 2. The van der Waals surface area contributed by atoms with Crippen molar-refractivity contribution in [2.75, 3.05) is 66.4 Å². The van der Waals surface area contributed by atoms with Crippen molar-refractivity contribution in [2.24, 2.45) is 5.92 Å². The number of anilines is 1. The molecule has 0 spiro atoms. The van der Waals surface area contributed by atoms with Crippen LogP contribution in [0, 0.1) is 5.92 Å². The zero-order valence-corrected chi connectivity index (χ0v) is 28.2. The van der Waals surface area contributed by atoms with Crippen LogP contribution in [0.25, 0.3) is 0 Å². The molecule has 1 aliphatic heterocycles. The number of nitrogens with one attached hydrogen (secondary N) is 1. The Kier molecular flexibility index (Phi) is 11.9. The number of halogens is 1. The molecule has 2 atom stereocenters. The Labute approximate surface area is 259 Å². The number of pyridine rings is 1. The minimum absolute atomic E-state index is 0.0120. The number of hydrogen-bond donors (Lipinski definition) is 2. The van der Waals surface area contributed by atoms with Crippen molar-refractivity contribution >= 4 is 27.7 Å². The second-order valence-electron chi connectivity index (χ2n) is 11.0. The minimum atomic E-state index is -3.89. The molecule has 1 fully saturated rings.